The summed E-state index contributed by atoms with van der Waals surface area (Å²) < 4.78 is 59.4. The van der Waals surface area contributed by atoms with Gasteiger partial charge in [0, 0.05) is 65.4 Å². The van der Waals surface area contributed by atoms with Crippen LogP contribution >= 0.6 is 0 Å². The second-order valence-corrected chi connectivity index (χ2v) is 20.6. The highest BCUT2D eigenvalue weighted by atomic mass is 19.1. The number of hydrogen-bond acceptors (Lipinski definition) is 13. The molecule has 0 bridgehead atoms. The average Bonchev–Trinajstić information content (AvgIpc) is 1.26. The summed E-state index contributed by atoms with van der Waals surface area (Å²) in [4.78, 5) is 74.8. The molecule has 2 aliphatic heterocycles. The minimum Gasteiger partial charge on any atom is -0.478 e. The molecule has 19 nitrogen and oxygen atoms in total. The summed E-state index contributed by atoms with van der Waals surface area (Å²) in [5, 5.41) is 24.0. The van der Waals surface area contributed by atoms with E-state index in [9.17, 15) is 41.8 Å². The Hall–Kier alpha value is -10.0. The Balaban J connectivity index is 0.000000198. The molecule has 5 amide bonds. The molecule has 0 saturated carbocycles. The predicted octanol–water partition coefficient (Wildman–Crippen LogP) is 11.0. The number of carbonyl (C=O) groups excluding carboxylic acids is 3. The number of nitrogens with zero attached hydrogens (tertiary/aromatic N) is 8. The van der Waals surface area contributed by atoms with Crippen molar-refractivity contribution in [1.82, 2.24) is 40.4 Å². The zero-order valence-electron chi connectivity index (χ0n) is 48.0. The summed E-state index contributed by atoms with van der Waals surface area (Å²) in [6.07, 6.45) is 0. The molecule has 85 heavy (non-hydrogen) atoms. The summed E-state index contributed by atoms with van der Waals surface area (Å²) in [5.74, 6) is -4.73. The minimum absolute atomic E-state index is 0.00914. The number of nitrogens with two attached hydrogens (primary N) is 1. The fraction of sp³-hybridized carbons (Fsp3) is 0.226. The summed E-state index contributed by atoms with van der Waals surface area (Å²) in [6.45, 7) is 9.89. The van der Waals surface area contributed by atoms with E-state index in [2.05, 4.69) is 41.5 Å². The Labute approximate surface area is 489 Å². The van der Waals surface area contributed by atoms with Gasteiger partial charge in [-0.2, -0.15) is 9.97 Å². The van der Waals surface area contributed by atoms with Gasteiger partial charge in [-0.1, -0.05) is 48.5 Å². The number of hydrogen-bond donors (Lipinski definition) is 7. The lowest BCUT2D eigenvalue weighted by Crippen LogP contribution is -2.43. The SMILES string of the molecule is Cc1ccc(C(=O)O)cc1-c1nc(NCCN(C)C)nc2c1CNC(=O)N2c1c(F)cccc1F.Cc1cccc(N)c1.Cc1cccc(NC(=O)c2ccc(C)c(-c3nc(NCCN(C)C)nc4c3CNC(=O)N4c3c(F)cccc3F)c2)c1. The highest BCUT2D eigenvalue weighted by molar-refractivity contribution is 6.06. The second kappa shape index (κ2) is 26.9. The minimum atomic E-state index is -1.11. The Kier molecular flexibility index (Phi) is 19.4. The largest absolute Gasteiger partial charge is 0.478 e. The highest BCUT2D eigenvalue weighted by Crippen LogP contribution is 2.41. The number of aryl methyl sites for hydroxylation is 4. The van der Waals surface area contributed by atoms with Gasteiger partial charge >= 0.3 is 18.0 Å². The number of amides is 5. The van der Waals surface area contributed by atoms with E-state index in [0.29, 0.717) is 71.1 Å². The molecule has 8 aromatic rings. The number of urea groups is 2. The lowest BCUT2D eigenvalue weighted by molar-refractivity contribution is 0.0696. The molecular formula is C62H64F4N14O5. The van der Waals surface area contributed by atoms with Crippen molar-refractivity contribution in [2.75, 3.05) is 85.9 Å². The van der Waals surface area contributed by atoms with Crippen molar-refractivity contribution in [2.24, 2.45) is 0 Å². The van der Waals surface area contributed by atoms with Crippen LogP contribution in [0.4, 0.5) is 73.4 Å². The van der Waals surface area contributed by atoms with E-state index < -0.39 is 52.7 Å². The molecule has 2 aliphatic rings. The van der Waals surface area contributed by atoms with Crippen molar-refractivity contribution in [3.8, 4) is 22.5 Å². The van der Waals surface area contributed by atoms with Crippen LogP contribution in [-0.4, -0.2) is 113 Å². The molecule has 23 heteroatoms. The first-order valence-corrected chi connectivity index (χ1v) is 26.9. The van der Waals surface area contributed by atoms with E-state index in [4.69, 9.17) is 10.7 Å². The van der Waals surface area contributed by atoms with Gasteiger partial charge in [-0.05, 0) is 151 Å². The first-order valence-electron chi connectivity index (χ1n) is 26.9. The summed E-state index contributed by atoms with van der Waals surface area (Å²) in [6, 6.07) is 30.4. The molecule has 4 heterocycles. The van der Waals surface area contributed by atoms with Gasteiger partial charge in [-0.3, -0.25) is 4.79 Å². The number of carboxylic acids is 1. The van der Waals surface area contributed by atoms with Gasteiger partial charge in [0.05, 0.1) is 30.0 Å². The Morgan fingerprint density at radius 3 is 1.41 bits per heavy atom. The predicted molar refractivity (Wildman–Crippen MR) is 322 cm³/mol. The average molecular weight is 1160 g/mol. The molecular weight excluding hydrogens is 1100 g/mol. The Morgan fingerprint density at radius 1 is 0.576 bits per heavy atom. The monoisotopic (exact) mass is 1160 g/mol. The topological polar surface area (TPSA) is 239 Å². The van der Waals surface area contributed by atoms with Crippen LogP contribution in [-0.2, 0) is 13.1 Å². The number of benzene rings is 6. The van der Waals surface area contributed by atoms with Crippen molar-refractivity contribution in [2.45, 2.75) is 40.8 Å². The molecule has 2 aromatic heterocycles. The van der Waals surface area contributed by atoms with Crippen LogP contribution in [0.3, 0.4) is 0 Å². The molecule has 6 aromatic carbocycles. The van der Waals surface area contributed by atoms with Gasteiger partial charge in [0.15, 0.2) is 11.6 Å². The van der Waals surface area contributed by atoms with Crippen molar-refractivity contribution < 1.29 is 41.8 Å². The van der Waals surface area contributed by atoms with Crippen molar-refractivity contribution in [1.29, 1.82) is 0 Å². The van der Waals surface area contributed by atoms with Crippen LogP contribution in [0.2, 0.25) is 0 Å². The molecule has 0 fully saturated rings. The van der Waals surface area contributed by atoms with Crippen molar-refractivity contribution >= 4 is 70.2 Å². The zero-order valence-corrected chi connectivity index (χ0v) is 48.0. The number of aromatic carboxylic acids is 1. The maximum atomic E-state index is 15.0. The van der Waals surface area contributed by atoms with E-state index in [1.54, 1.807) is 25.1 Å². The zero-order chi connectivity index (χ0) is 61.2. The molecule has 0 aliphatic carbocycles. The third-order valence-corrected chi connectivity index (χ3v) is 13.5. The fourth-order valence-corrected chi connectivity index (χ4v) is 9.15. The molecule has 0 radical (unpaired) electrons. The number of rotatable bonds is 15. The van der Waals surface area contributed by atoms with Gasteiger partial charge in [0.25, 0.3) is 5.91 Å². The summed E-state index contributed by atoms with van der Waals surface area (Å²) in [7, 11) is 7.64. The summed E-state index contributed by atoms with van der Waals surface area (Å²) >= 11 is 0. The van der Waals surface area contributed by atoms with Crippen molar-refractivity contribution in [3.63, 3.8) is 0 Å². The van der Waals surface area contributed by atoms with Crippen LogP contribution in [0.25, 0.3) is 22.5 Å². The molecule has 0 spiro atoms. The standard InChI is InChI=1S/C31H31F2N7O2.C24H24F2N6O3.C7H9N/c1-18-7-5-8-21(15-18)36-29(41)20-12-11-19(2)22(16-20)26-23-17-35-31(42)40(27-24(32)9-6-10-25(27)33)28(23)38-30(37-26)34-13-14-39(3)4;1-13-7-8-14(22(33)34)11-15(13)19-16-12-28-24(35)32(20-17(25)5-4-6-18(20)26)21(16)30-23(29-19)27-9-10-31(2)3;1-6-3-2-4-7(8)5-6/h5-12,15-16H,13-14,17H2,1-4H3,(H,35,42)(H,36,41)(H,34,37,38);4-8,11H,9-10,12H2,1-3H3,(H,28,35)(H,33,34)(H,27,29,30);2-5H,8H2,1H3. The van der Waals surface area contributed by atoms with E-state index in [1.807, 2.05) is 113 Å². The third-order valence-electron chi connectivity index (χ3n) is 13.5. The number of aromatic nitrogens is 4. The number of fused-ring (bicyclic) bond motifs is 2. The van der Waals surface area contributed by atoms with Crippen molar-refractivity contribution in [3.05, 3.63) is 189 Å². The number of carbonyl (C=O) groups is 4. The van der Waals surface area contributed by atoms with Gasteiger partial charge in [-0.15, -0.1) is 0 Å². The van der Waals surface area contributed by atoms with Gasteiger partial charge in [0.2, 0.25) is 11.9 Å². The first-order chi connectivity index (χ1) is 40.6. The van der Waals surface area contributed by atoms with Crippen LogP contribution in [0.1, 0.15) is 54.1 Å². The molecule has 0 atom stereocenters. The normalized spacial score (nSPS) is 12.4. The molecule has 8 N–H and O–H groups in total. The molecule has 440 valence electrons. The quantitative estimate of drug-likeness (QED) is 0.0373. The van der Waals surface area contributed by atoms with Gasteiger partial charge in [-0.25, -0.2) is 51.7 Å². The third kappa shape index (κ3) is 14.6. The van der Waals surface area contributed by atoms with Crippen LogP contribution in [0.5, 0.6) is 0 Å². The Morgan fingerprint density at radius 2 is 1.00 bits per heavy atom. The number of nitrogen functional groups attached to an aromatic ring is 1. The number of anilines is 8. The van der Waals surface area contributed by atoms with Crippen LogP contribution < -0.4 is 42.1 Å². The first kappa shape index (κ1) is 61.1. The van der Waals surface area contributed by atoms with E-state index in [-0.39, 0.29) is 48.1 Å². The van der Waals surface area contributed by atoms with Gasteiger partial charge < -0.3 is 47.2 Å². The van der Waals surface area contributed by atoms with Crippen LogP contribution in [0, 0.1) is 51.0 Å². The van der Waals surface area contributed by atoms with Gasteiger partial charge in [0.1, 0.15) is 34.6 Å². The number of likely N-dealkylation sites (N-methyl/N-ethyl adjacent to an activating group) is 2. The number of carboxylic acid groups (broad SMARTS) is 1. The highest BCUT2D eigenvalue weighted by Gasteiger charge is 2.36. The molecule has 0 unspecified atom stereocenters. The molecule has 0 saturated heterocycles. The second-order valence-electron chi connectivity index (χ2n) is 20.6. The number of halogens is 4. The lowest BCUT2D eigenvalue weighted by Gasteiger charge is -2.31. The Bertz CT molecular complexity index is 3770. The smallest absolute Gasteiger partial charge is 0.335 e. The fourth-order valence-electron chi connectivity index (χ4n) is 9.15. The number of nitrogens with one attached hydrogen (secondary N) is 5. The van der Waals surface area contributed by atoms with E-state index >= 15 is 0 Å². The maximum absolute atomic E-state index is 15.0. The van der Waals surface area contributed by atoms with E-state index in [0.717, 1.165) is 56.4 Å². The molecule has 10 rings (SSSR count). The maximum Gasteiger partial charge on any atom is 0.335 e. The van der Waals surface area contributed by atoms with E-state index in [1.165, 1.54) is 29.8 Å². The summed E-state index contributed by atoms with van der Waals surface area (Å²) in [5.41, 5.74) is 12.8. The van der Waals surface area contributed by atoms with Crippen LogP contribution in [0.15, 0.2) is 121 Å². The number of para-hydroxylation sites is 2. The lowest BCUT2D eigenvalue weighted by atomic mass is 9.97.